The SMILES string of the molecule is CC1CCNC1c1nncn1C1CCCCC1. The number of hydrogen-bond donors (Lipinski definition) is 1. The highest BCUT2D eigenvalue weighted by Gasteiger charge is 2.30. The Balaban J connectivity index is 1.82. The highest BCUT2D eigenvalue weighted by Crippen LogP contribution is 2.33. The van der Waals surface area contributed by atoms with E-state index in [-0.39, 0.29) is 0 Å². The molecule has 1 aromatic heterocycles. The van der Waals surface area contributed by atoms with Gasteiger partial charge in [-0.15, -0.1) is 10.2 Å². The fraction of sp³-hybridized carbons (Fsp3) is 0.846. The Bertz CT molecular complexity index is 367. The lowest BCUT2D eigenvalue weighted by Gasteiger charge is -2.26. The standard InChI is InChI=1S/C13H22N4/c1-10-7-8-14-12(10)13-16-15-9-17(13)11-5-3-2-4-6-11/h9-12,14H,2-8H2,1H3. The van der Waals surface area contributed by atoms with Crippen LogP contribution >= 0.6 is 0 Å². The Morgan fingerprint density at radius 3 is 2.76 bits per heavy atom. The zero-order chi connectivity index (χ0) is 11.7. The van der Waals surface area contributed by atoms with Crippen molar-refractivity contribution < 1.29 is 0 Å². The summed E-state index contributed by atoms with van der Waals surface area (Å²) in [7, 11) is 0. The van der Waals surface area contributed by atoms with Crippen molar-refractivity contribution in [2.24, 2.45) is 5.92 Å². The molecule has 1 aromatic rings. The molecule has 2 fully saturated rings. The first kappa shape index (κ1) is 11.2. The summed E-state index contributed by atoms with van der Waals surface area (Å²) in [6, 6.07) is 1.06. The molecule has 2 heterocycles. The summed E-state index contributed by atoms with van der Waals surface area (Å²) in [4.78, 5) is 0. The average Bonchev–Trinajstić information content (AvgIpc) is 2.98. The molecule has 2 unspecified atom stereocenters. The summed E-state index contributed by atoms with van der Waals surface area (Å²) < 4.78 is 2.35. The fourth-order valence-corrected chi connectivity index (χ4v) is 3.29. The Kier molecular flexibility index (Phi) is 3.14. The minimum atomic E-state index is 0.416. The quantitative estimate of drug-likeness (QED) is 0.854. The number of aromatic nitrogens is 3. The van der Waals surface area contributed by atoms with Gasteiger partial charge in [-0.05, 0) is 31.7 Å². The third-order valence-corrected chi connectivity index (χ3v) is 4.38. The van der Waals surface area contributed by atoms with Crippen LogP contribution in [0.5, 0.6) is 0 Å². The van der Waals surface area contributed by atoms with Crippen LogP contribution in [0.1, 0.15) is 63.4 Å². The maximum atomic E-state index is 4.37. The summed E-state index contributed by atoms with van der Waals surface area (Å²) in [5.41, 5.74) is 0. The minimum Gasteiger partial charge on any atom is -0.313 e. The van der Waals surface area contributed by atoms with Crippen molar-refractivity contribution in [3.05, 3.63) is 12.2 Å². The molecule has 1 aliphatic carbocycles. The molecule has 0 spiro atoms. The van der Waals surface area contributed by atoms with Crippen LogP contribution in [0.25, 0.3) is 0 Å². The Morgan fingerprint density at radius 1 is 1.24 bits per heavy atom. The van der Waals surface area contributed by atoms with Gasteiger partial charge in [0.2, 0.25) is 0 Å². The third-order valence-electron chi connectivity index (χ3n) is 4.38. The Hall–Kier alpha value is -0.900. The first-order valence-corrected chi connectivity index (χ1v) is 6.99. The number of hydrogen-bond acceptors (Lipinski definition) is 3. The van der Waals surface area contributed by atoms with Gasteiger partial charge in [-0.1, -0.05) is 26.2 Å². The molecule has 0 radical (unpaired) electrons. The van der Waals surface area contributed by atoms with Gasteiger partial charge in [-0.25, -0.2) is 0 Å². The molecule has 0 bridgehead atoms. The van der Waals surface area contributed by atoms with Crippen LogP contribution in [0.4, 0.5) is 0 Å². The van der Waals surface area contributed by atoms with Crippen molar-refractivity contribution in [3.8, 4) is 0 Å². The van der Waals surface area contributed by atoms with E-state index in [0.717, 1.165) is 6.54 Å². The van der Waals surface area contributed by atoms with Gasteiger partial charge < -0.3 is 9.88 Å². The number of rotatable bonds is 2. The minimum absolute atomic E-state index is 0.416. The largest absolute Gasteiger partial charge is 0.313 e. The van der Waals surface area contributed by atoms with Gasteiger partial charge in [0.05, 0.1) is 6.04 Å². The van der Waals surface area contributed by atoms with Crippen molar-refractivity contribution in [2.75, 3.05) is 6.54 Å². The van der Waals surface area contributed by atoms with E-state index in [1.54, 1.807) is 0 Å². The van der Waals surface area contributed by atoms with Crippen molar-refractivity contribution in [2.45, 2.75) is 57.5 Å². The van der Waals surface area contributed by atoms with Crippen LogP contribution < -0.4 is 5.32 Å². The summed E-state index contributed by atoms with van der Waals surface area (Å²) in [5, 5.41) is 12.1. The van der Waals surface area contributed by atoms with E-state index in [2.05, 4.69) is 27.0 Å². The van der Waals surface area contributed by atoms with Crippen LogP contribution in [-0.4, -0.2) is 21.3 Å². The molecule has 3 rings (SSSR count). The highest BCUT2D eigenvalue weighted by atomic mass is 15.3. The topological polar surface area (TPSA) is 42.7 Å². The fourth-order valence-electron chi connectivity index (χ4n) is 3.29. The smallest absolute Gasteiger partial charge is 0.150 e. The van der Waals surface area contributed by atoms with Gasteiger partial charge in [0.25, 0.3) is 0 Å². The predicted molar refractivity (Wildman–Crippen MR) is 66.7 cm³/mol. The molecule has 2 atom stereocenters. The predicted octanol–water partition coefficient (Wildman–Crippen LogP) is 2.45. The number of nitrogens with one attached hydrogen (secondary N) is 1. The van der Waals surface area contributed by atoms with Gasteiger partial charge in [0.15, 0.2) is 5.82 Å². The summed E-state index contributed by atoms with van der Waals surface area (Å²) >= 11 is 0. The molecule has 1 aliphatic heterocycles. The van der Waals surface area contributed by atoms with E-state index < -0.39 is 0 Å². The third kappa shape index (κ3) is 2.10. The first-order valence-electron chi connectivity index (χ1n) is 6.99. The van der Waals surface area contributed by atoms with Crippen LogP contribution in [0, 0.1) is 5.92 Å². The molecule has 2 aliphatic rings. The van der Waals surface area contributed by atoms with Crippen LogP contribution in [0.3, 0.4) is 0 Å². The van der Waals surface area contributed by atoms with Gasteiger partial charge in [-0.3, -0.25) is 0 Å². The zero-order valence-electron chi connectivity index (χ0n) is 10.6. The molecule has 4 nitrogen and oxygen atoms in total. The maximum Gasteiger partial charge on any atom is 0.150 e. The van der Waals surface area contributed by atoms with Crippen molar-refractivity contribution in [3.63, 3.8) is 0 Å². The van der Waals surface area contributed by atoms with E-state index in [1.807, 2.05) is 6.33 Å². The second-order valence-corrected chi connectivity index (χ2v) is 5.59. The van der Waals surface area contributed by atoms with Crippen LogP contribution in [0.15, 0.2) is 6.33 Å². The van der Waals surface area contributed by atoms with Gasteiger partial charge in [0, 0.05) is 6.04 Å². The van der Waals surface area contributed by atoms with E-state index in [1.165, 1.54) is 44.3 Å². The first-order chi connectivity index (χ1) is 8.36. The molecule has 1 saturated heterocycles. The molecule has 17 heavy (non-hydrogen) atoms. The van der Waals surface area contributed by atoms with Gasteiger partial charge >= 0.3 is 0 Å². The zero-order valence-corrected chi connectivity index (χ0v) is 10.6. The molecule has 0 amide bonds. The Labute approximate surface area is 103 Å². The van der Waals surface area contributed by atoms with E-state index in [4.69, 9.17) is 0 Å². The van der Waals surface area contributed by atoms with E-state index in [0.29, 0.717) is 18.0 Å². The van der Waals surface area contributed by atoms with E-state index in [9.17, 15) is 0 Å². The van der Waals surface area contributed by atoms with Gasteiger partial charge in [-0.2, -0.15) is 0 Å². The molecule has 0 aromatic carbocycles. The lowest BCUT2D eigenvalue weighted by molar-refractivity contribution is 0.330. The molecular weight excluding hydrogens is 212 g/mol. The highest BCUT2D eigenvalue weighted by molar-refractivity contribution is 5.02. The monoisotopic (exact) mass is 234 g/mol. The molecular formula is C13H22N4. The number of nitrogens with zero attached hydrogens (tertiary/aromatic N) is 3. The molecule has 94 valence electrons. The van der Waals surface area contributed by atoms with E-state index >= 15 is 0 Å². The maximum absolute atomic E-state index is 4.37. The lowest BCUT2D eigenvalue weighted by Crippen LogP contribution is -2.24. The van der Waals surface area contributed by atoms with Crippen molar-refractivity contribution >= 4 is 0 Å². The summed E-state index contributed by atoms with van der Waals surface area (Å²) in [6.45, 7) is 3.42. The van der Waals surface area contributed by atoms with Crippen molar-refractivity contribution in [1.29, 1.82) is 0 Å². The van der Waals surface area contributed by atoms with Gasteiger partial charge in [0.1, 0.15) is 6.33 Å². The molecule has 1 saturated carbocycles. The van der Waals surface area contributed by atoms with Crippen LogP contribution in [-0.2, 0) is 0 Å². The summed E-state index contributed by atoms with van der Waals surface area (Å²) in [5.74, 6) is 1.85. The molecule has 1 N–H and O–H groups in total. The normalized spacial score (nSPS) is 30.9. The second-order valence-electron chi connectivity index (χ2n) is 5.59. The Morgan fingerprint density at radius 2 is 2.06 bits per heavy atom. The lowest BCUT2D eigenvalue weighted by atomic mass is 9.94. The van der Waals surface area contributed by atoms with Crippen molar-refractivity contribution in [1.82, 2.24) is 20.1 Å². The summed E-state index contributed by atoms with van der Waals surface area (Å²) in [6.07, 6.45) is 9.90. The average molecular weight is 234 g/mol. The second kappa shape index (κ2) is 4.77. The molecule has 4 heteroatoms. The van der Waals surface area contributed by atoms with Crippen LogP contribution in [0.2, 0.25) is 0 Å².